The molecule has 0 radical (unpaired) electrons. The van der Waals surface area contributed by atoms with Crippen molar-refractivity contribution in [2.45, 2.75) is 48.0 Å². The lowest BCUT2D eigenvalue weighted by atomic mass is 10.3. The zero-order valence-corrected chi connectivity index (χ0v) is 17.4. The lowest BCUT2D eigenvalue weighted by Crippen LogP contribution is -2.50. The van der Waals surface area contributed by atoms with E-state index >= 15 is 0 Å². The van der Waals surface area contributed by atoms with E-state index in [-0.39, 0.29) is 11.8 Å². The molecule has 2 aliphatic heterocycles. The molecule has 25 heavy (non-hydrogen) atoms. The van der Waals surface area contributed by atoms with Crippen molar-refractivity contribution < 1.29 is 9.59 Å². The molecule has 0 aromatic rings. The van der Waals surface area contributed by atoms with Gasteiger partial charge in [0.05, 0.1) is 13.1 Å². The summed E-state index contributed by atoms with van der Waals surface area (Å²) in [5, 5.41) is 0. The highest BCUT2D eigenvalue weighted by Gasteiger charge is 2.21. The fourth-order valence-corrected chi connectivity index (χ4v) is 2.96. The Hall–Kier alpha value is -1.14. The van der Waals surface area contributed by atoms with Gasteiger partial charge in [0.25, 0.3) is 0 Å². The number of nitrogens with zero attached hydrogens (tertiary/aromatic N) is 4. The highest BCUT2D eigenvalue weighted by atomic mass is 16.2. The Bertz CT molecular complexity index is 376. The van der Waals surface area contributed by atoms with Crippen molar-refractivity contribution in [3.63, 3.8) is 0 Å². The molecule has 2 aliphatic rings. The molecule has 148 valence electrons. The van der Waals surface area contributed by atoms with E-state index in [4.69, 9.17) is 0 Å². The third-order valence-corrected chi connectivity index (χ3v) is 4.55. The Morgan fingerprint density at radius 1 is 0.680 bits per heavy atom. The average molecular weight is 357 g/mol. The fourth-order valence-electron chi connectivity index (χ4n) is 2.96. The minimum atomic E-state index is 0.278. The lowest BCUT2D eigenvalue weighted by Gasteiger charge is -2.33. The molecule has 0 aliphatic carbocycles. The number of hydrogen-bond acceptors (Lipinski definition) is 4. The first-order valence-electron chi connectivity index (χ1n) is 10.1. The summed E-state index contributed by atoms with van der Waals surface area (Å²) < 4.78 is 0. The molecule has 0 saturated carbocycles. The zero-order chi connectivity index (χ0) is 19.2. The van der Waals surface area contributed by atoms with Crippen LogP contribution in [0.4, 0.5) is 0 Å². The van der Waals surface area contributed by atoms with Crippen molar-refractivity contribution in [1.82, 2.24) is 19.6 Å². The van der Waals surface area contributed by atoms with E-state index in [1.54, 1.807) is 0 Å². The van der Waals surface area contributed by atoms with Crippen LogP contribution in [-0.2, 0) is 9.59 Å². The van der Waals surface area contributed by atoms with E-state index in [1.807, 2.05) is 37.5 Å². The van der Waals surface area contributed by atoms with E-state index in [0.717, 1.165) is 58.8 Å². The second-order valence-electron chi connectivity index (χ2n) is 6.09. The summed E-state index contributed by atoms with van der Waals surface area (Å²) in [6.07, 6.45) is 1.14. The molecule has 0 spiro atoms. The number of carbonyl (C=O) groups is 2. The van der Waals surface area contributed by atoms with Crippen LogP contribution in [0.2, 0.25) is 0 Å². The topological polar surface area (TPSA) is 47.1 Å². The van der Waals surface area contributed by atoms with Gasteiger partial charge in [0.15, 0.2) is 0 Å². The molecule has 2 amide bonds. The molecule has 2 saturated heterocycles. The molecule has 0 N–H and O–H groups in total. The van der Waals surface area contributed by atoms with Gasteiger partial charge < -0.3 is 9.80 Å². The zero-order valence-electron chi connectivity index (χ0n) is 17.4. The van der Waals surface area contributed by atoms with Crippen molar-refractivity contribution in [2.24, 2.45) is 0 Å². The Balaban J connectivity index is 0.000000421. The van der Waals surface area contributed by atoms with Crippen LogP contribution in [0.5, 0.6) is 0 Å². The molecule has 2 heterocycles. The van der Waals surface area contributed by atoms with Crippen molar-refractivity contribution in [2.75, 3.05) is 65.4 Å². The van der Waals surface area contributed by atoms with Crippen LogP contribution < -0.4 is 0 Å². The summed E-state index contributed by atoms with van der Waals surface area (Å²) >= 11 is 0. The van der Waals surface area contributed by atoms with Gasteiger partial charge in [-0.3, -0.25) is 19.4 Å². The first-order valence-corrected chi connectivity index (χ1v) is 10.1. The number of amides is 2. The van der Waals surface area contributed by atoms with Gasteiger partial charge in [0.1, 0.15) is 0 Å². The summed E-state index contributed by atoms with van der Waals surface area (Å²) in [5.74, 6) is 0.567. The van der Waals surface area contributed by atoms with Gasteiger partial charge in [-0.15, -0.1) is 0 Å². The molecular weight excluding hydrogens is 316 g/mol. The third-order valence-electron chi connectivity index (χ3n) is 4.55. The molecule has 6 heteroatoms. The number of likely N-dealkylation sites (N-methyl/N-ethyl adjacent to an activating group) is 3. The molecule has 0 aromatic carbocycles. The molecule has 0 bridgehead atoms. The van der Waals surface area contributed by atoms with Gasteiger partial charge in [-0.05, 0) is 33.4 Å². The van der Waals surface area contributed by atoms with Crippen molar-refractivity contribution >= 4 is 11.8 Å². The van der Waals surface area contributed by atoms with Crippen molar-refractivity contribution in [1.29, 1.82) is 0 Å². The molecule has 0 unspecified atom stereocenters. The predicted molar refractivity (Wildman–Crippen MR) is 105 cm³/mol. The quantitative estimate of drug-likeness (QED) is 0.753. The summed E-state index contributed by atoms with van der Waals surface area (Å²) in [7, 11) is 0. The SMILES string of the molecule is CC.CCCN1CCN(CC)C(=O)C1.CCN1CCN(CC)C(=O)C1. The monoisotopic (exact) mass is 356 g/mol. The van der Waals surface area contributed by atoms with Crippen LogP contribution in [-0.4, -0.2) is 96.9 Å². The van der Waals surface area contributed by atoms with Crippen molar-refractivity contribution in [3.05, 3.63) is 0 Å². The predicted octanol–water partition coefficient (Wildman–Crippen LogP) is 1.76. The second-order valence-corrected chi connectivity index (χ2v) is 6.09. The fraction of sp³-hybridized carbons (Fsp3) is 0.895. The maximum Gasteiger partial charge on any atom is 0.236 e. The van der Waals surface area contributed by atoms with Crippen LogP contribution in [0, 0.1) is 0 Å². The largest absolute Gasteiger partial charge is 0.341 e. The average Bonchev–Trinajstić information content (AvgIpc) is 2.64. The maximum atomic E-state index is 11.4. The van der Waals surface area contributed by atoms with Gasteiger partial charge in [-0.2, -0.15) is 0 Å². The summed E-state index contributed by atoms with van der Waals surface area (Å²) in [6.45, 7) is 21.2. The van der Waals surface area contributed by atoms with E-state index in [0.29, 0.717) is 13.1 Å². The Morgan fingerprint density at radius 3 is 1.48 bits per heavy atom. The standard InChI is InChI=1S/C9H18N2O.C8H16N2O.C2H6/c1-3-5-10-6-7-11(4-2)9(12)8-10;1-3-9-5-6-10(4-2)8(11)7-9;1-2/h3-8H2,1-2H3;3-7H2,1-2H3;1-2H3. The van der Waals surface area contributed by atoms with Crippen LogP contribution in [0.3, 0.4) is 0 Å². The van der Waals surface area contributed by atoms with E-state index in [2.05, 4.69) is 23.6 Å². The summed E-state index contributed by atoms with van der Waals surface area (Å²) in [4.78, 5) is 30.9. The Morgan fingerprint density at radius 2 is 1.12 bits per heavy atom. The normalized spacial score (nSPS) is 19.1. The summed E-state index contributed by atoms with van der Waals surface area (Å²) in [6, 6.07) is 0. The van der Waals surface area contributed by atoms with Crippen LogP contribution >= 0.6 is 0 Å². The van der Waals surface area contributed by atoms with Gasteiger partial charge >= 0.3 is 0 Å². The Kier molecular flexibility index (Phi) is 13.4. The highest BCUT2D eigenvalue weighted by Crippen LogP contribution is 2.03. The van der Waals surface area contributed by atoms with Crippen LogP contribution in [0.15, 0.2) is 0 Å². The third kappa shape index (κ3) is 8.68. The first kappa shape index (κ1) is 23.9. The van der Waals surface area contributed by atoms with Gasteiger partial charge in [0, 0.05) is 39.3 Å². The van der Waals surface area contributed by atoms with E-state index < -0.39 is 0 Å². The maximum absolute atomic E-state index is 11.4. The molecular formula is C19H40N4O2. The van der Waals surface area contributed by atoms with Gasteiger partial charge in [-0.25, -0.2) is 0 Å². The molecule has 6 nitrogen and oxygen atoms in total. The lowest BCUT2D eigenvalue weighted by molar-refractivity contribution is -0.136. The van der Waals surface area contributed by atoms with Crippen molar-refractivity contribution in [3.8, 4) is 0 Å². The van der Waals surface area contributed by atoms with Crippen LogP contribution in [0.25, 0.3) is 0 Å². The number of carbonyl (C=O) groups excluding carboxylic acids is 2. The van der Waals surface area contributed by atoms with E-state index in [1.165, 1.54) is 0 Å². The van der Waals surface area contributed by atoms with Crippen LogP contribution in [0.1, 0.15) is 48.0 Å². The Labute approximate surface area is 155 Å². The first-order chi connectivity index (χ1) is 12.0. The van der Waals surface area contributed by atoms with E-state index in [9.17, 15) is 9.59 Å². The smallest absolute Gasteiger partial charge is 0.236 e. The molecule has 0 atom stereocenters. The number of piperazine rings is 2. The summed E-state index contributed by atoms with van der Waals surface area (Å²) in [5.41, 5.74) is 0. The molecule has 0 aromatic heterocycles. The minimum absolute atomic E-state index is 0.278. The number of rotatable bonds is 5. The molecule has 2 rings (SSSR count). The van der Waals surface area contributed by atoms with Gasteiger partial charge in [0.2, 0.25) is 11.8 Å². The van der Waals surface area contributed by atoms with Gasteiger partial charge in [-0.1, -0.05) is 27.7 Å². The molecule has 2 fully saturated rings. The minimum Gasteiger partial charge on any atom is -0.341 e. The second kappa shape index (κ2) is 14.1. The number of hydrogen-bond donors (Lipinski definition) is 0. The highest BCUT2D eigenvalue weighted by molar-refractivity contribution is 5.79.